The van der Waals surface area contributed by atoms with Crippen LogP contribution in [0.15, 0.2) is 66.0 Å². The number of amides is 1. The number of nitrogens with zero attached hydrogens (tertiary/aromatic N) is 3. The molecule has 0 N–H and O–H groups in total. The average Bonchev–Trinajstić information content (AvgIpc) is 3.59. The molecule has 0 radical (unpaired) electrons. The number of rotatable bonds is 5. The molecule has 0 bridgehead atoms. The Bertz CT molecular complexity index is 1290. The number of piperazine rings is 1. The molecule has 2 aromatic carbocycles. The number of carbonyl (C=O) groups is 1. The number of ether oxygens (including phenoxy) is 2. The van der Waals surface area contributed by atoms with Crippen LogP contribution in [0.2, 0.25) is 0 Å². The Hall–Kier alpha value is -3.29. The highest BCUT2D eigenvalue weighted by Gasteiger charge is 2.23. The van der Waals surface area contributed by atoms with Crippen molar-refractivity contribution >= 4 is 28.1 Å². The number of hydrogen-bond donors (Lipinski definition) is 0. The van der Waals surface area contributed by atoms with Crippen LogP contribution in [-0.4, -0.2) is 53.2 Å². The fourth-order valence-electron chi connectivity index (χ4n) is 4.70. The van der Waals surface area contributed by atoms with Gasteiger partial charge in [0.2, 0.25) is 12.7 Å². The lowest BCUT2D eigenvalue weighted by atomic mass is 10.1. The predicted molar refractivity (Wildman–Crippen MR) is 130 cm³/mol. The molecule has 1 fully saturated rings. The van der Waals surface area contributed by atoms with Crippen LogP contribution >= 0.6 is 11.3 Å². The van der Waals surface area contributed by atoms with Crippen LogP contribution < -0.4 is 9.47 Å². The van der Waals surface area contributed by atoms with Gasteiger partial charge in [-0.3, -0.25) is 9.69 Å². The van der Waals surface area contributed by atoms with E-state index in [9.17, 15) is 4.79 Å². The lowest BCUT2D eigenvalue weighted by Gasteiger charge is -2.35. The third kappa shape index (κ3) is 3.98. The van der Waals surface area contributed by atoms with Crippen LogP contribution in [0.1, 0.15) is 5.56 Å². The van der Waals surface area contributed by atoms with Gasteiger partial charge in [-0.15, -0.1) is 11.3 Å². The van der Waals surface area contributed by atoms with E-state index in [2.05, 4.69) is 57.3 Å². The summed E-state index contributed by atoms with van der Waals surface area (Å²) >= 11 is 1.71. The zero-order valence-electron chi connectivity index (χ0n) is 18.3. The largest absolute Gasteiger partial charge is 0.454 e. The van der Waals surface area contributed by atoms with E-state index in [1.165, 1.54) is 15.8 Å². The number of aromatic nitrogens is 1. The van der Waals surface area contributed by atoms with E-state index in [4.69, 9.17) is 9.47 Å². The monoisotopic (exact) mass is 459 g/mol. The Morgan fingerprint density at radius 2 is 1.76 bits per heavy atom. The maximum Gasteiger partial charge on any atom is 0.242 e. The second kappa shape index (κ2) is 8.57. The molecule has 168 valence electrons. The van der Waals surface area contributed by atoms with Crippen molar-refractivity contribution in [3.05, 3.63) is 71.6 Å². The van der Waals surface area contributed by atoms with Crippen molar-refractivity contribution in [1.29, 1.82) is 0 Å². The number of thiophene rings is 1. The van der Waals surface area contributed by atoms with Crippen molar-refractivity contribution in [1.82, 2.24) is 14.4 Å². The highest BCUT2D eigenvalue weighted by atomic mass is 32.1. The standard InChI is InChI=1S/C26H25N3O3S/c30-26(17-29-21-5-2-1-4-20(21)15-22(29)25-6-3-13-33-25)28-11-9-27(10-12-28)16-19-7-8-23-24(14-19)32-18-31-23/h1-8,13-15H,9-12,16-18H2. The van der Waals surface area contributed by atoms with Gasteiger partial charge in [0.25, 0.3) is 0 Å². The SMILES string of the molecule is O=C(Cn1c(-c2cccs2)cc2ccccc21)N1CCN(Cc2ccc3c(c2)OCO3)CC1. The first-order valence-electron chi connectivity index (χ1n) is 11.3. The molecule has 4 aromatic rings. The Labute approximate surface area is 196 Å². The van der Waals surface area contributed by atoms with E-state index in [-0.39, 0.29) is 5.91 Å². The molecule has 2 aromatic heterocycles. The first kappa shape index (κ1) is 20.3. The molecule has 6 nitrogen and oxygen atoms in total. The third-order valence-electron chi connectivity index (χ3n) is 6.45. The molecule has 33 heavy (non-hydrogen) atoms. The number of hydrogen-bond acceptors (Lipinski definition) is 5. The van der Waals surface area contributed by atoms with Gasteiger partial charge in [0.05, 0.1) is 10.6 Å². The van der Waals surface area contributed by atoms with Crippen LogP contribution in [0.25, 0.3) is 21.5 Å². The van der Waals surface area contributed by atoms with Gasteiger partial charge in [-0.05, 0) is 41.3 Å². The molecular formula is C26H25N3O3S. The fraction of sp³-hybridized carbons (Fsp3) is 0.269. The summed E-state index contributed by atoms with van der Waals surface area (Å²) in [5, 5.41) is 3.25. The molecule has 0 saturated carbocycles. The number of carbonyl (C=O) groups excluding carboxylic acids is 1. The van der Waals surface area contributed by atoms with Crippen molar-refractivity contribution in [2.24, 2.45) is 0 Å². The molecule has 1 saturated heterocycles. The average molecular weight is 460 g/mol. The van der Waals surface area contributed by atoms with E-state index >= 15 is 0 Å². The third-order valence-corrected chi connectivity index (χ3v) is 7.34. The van der Waals surface area contributed by atoms with Crippen LogP contribution in [0, 0.1) is 0 Å². The van der Waals surface area contributed by atoms with Crippen LogP contribution in [0.5, 0.6) is 11.5 Å². The van der Waals surface area contributed by atoms with E-state index in [1.807, 2.05) is 23.1 Å². The summed E-state index contributed by atoms with van der Waals surface area (Å²) in [7, 11) is 0. The van der Waals surface area contributed by atoms with Crippen LogP contribution in [0.3, 0.4) is 0 Å². The fourth-order valence-corrected chi connectivity index (χ4v) is 5.45. The minimum atomic E-state index is 0.178. The molecule has 6 rings (SSSR count). The highest BCUT2D eigenvalue weighted by Crippen LogP contribution is 2.33. The van der Waals surface area contributed by atoms with Crippen molar-refractivity contribution in [2.45, 2.75) is 13.1 Å². The number of fused-ring (bicyclic) bond motifs is 2. The molecule has 7 heteroatoms. The Morgan fingerprint density at radius 3 is 2.61 bits per heavy atom. The van der Waals surface area contributed by atoms with Crippen molar-refractivity contribution in [3.63, 3.8) is 0 Å². The Balaban J connectivity index is 1.13. The van der Waals surface area contributed by atoms with Gasteiger partial charge < -0.3 is 18.9 Å². The van der Waals surface area contributed by atoms with Crippen LogP contribution in [-0.2, 0) is 17.9 Å². The summed E-state index contributed by atoms with van der Waals surface area (Å²) in [6.45, 7) is 4.74. The van der Waals surface area contributed by atoms with E-state index in [0.29, 0.717) is 13.3 Å². The maximum absolute atomic E-state index is 13.3. The maximum atomic E-state index is 13.3. The normalized spacial score (nSPS) is 15.9. The second-order valence-electron chi connectivity index (χ2n) is 8.50. The first-order valence-corrected chi connectivity index (χ1v) is 12.1. The summed E-state index contributed by atoms with van der Waals surface area (Å²) < 4.78 is 13.1. The predicted octanol–water partition coefficient (Wildman–Crippen LogP) is 4.44. The van der Waals surface area contributed by atoms with Gasteiger partial charge in [-0.1, -0.05) is 30.3 Å². The molecule has 0 unspecified atom stereocenters. The second-order valence-corrected chi connectivity index (χ2v) is 9.44. The quantitative estimate of drug-likeness (QED) is 0.443. The van der Waals surface area contributed by atoms with E-state index in [1.54, 1.807) is 11.3 Å². The van der Waals surface area contributed by atoms with Gasteiger partial charge in [0.15, 0.2) is 11.5 Å². The first-order chi connectivity index (χ1) is 16.2. The van der Waals surface area contributed by atoms with Crippen molar-refractivity contribution in [2.75, 3.05) is 33.0 Å². The van der Waals surface area contributed by atoms with Crippen molar-refractivity contribution < 1.29 is 14.3 Å². The van der Waals surface area contributed by atoms with Gasteiger partial charge >= 0.3 is 0 Å². The molecular weight excluding hydrogens is 434 g/mol. The van der Waals surface area contributed by atoms with E-state index in [0.717, 1.165) is 55.4 Å². The summed E-state index contributed by atoms with van der Waals surface area (Å²) in [6, 6.07) is 20.8. The molecule has 0 aliphatic carbocycles. The topological polar surface area (TPSA) is 46.9 Å². The minimum Gasteiger partial charge on any atom is -0.454 e. The lowest BCUT2D eigenvalue weighted by molar-refractivity contribution is -0.133. The molecule has 4 heterocycles. The molecule has 0 atom stereocenters. The summed E-state index contributed by atoms with van der Waals surface area (Å²) in [4.78, 5) is 18.9. The molecule has 0 spiro atoms. The Morgan fingerprint density at radius 1 is 0.909 bits per heavy atom. The summed E-state index contributed by atoms with van der Waals surface area (Å²) in [6.07, 6.45) is 0. The van der Waals surface area contributed by atoms with Gasteiger partial charge in [0, 0.05) is 43.6 Å². The summed E-state index contributed by atoms with van der Waals surface area (Å²) in [5.74, 6) is 1.81. The molecule has 2 aliphatic heterocycles. The Kier molecular flexibility index (Phi) is 5.28. The van der Waals surface area contributed by atoms with Crippen LogP contribution in [0.4, 0.5) is 0 Å². The zero-order chi connectivity index (χ0) is 22.2. The molecule has 2 aliphatic rings. The van der Waals surface area contributed by atoms with Gasteiger partial charge in [-0.2, -0.15) is 0 Å². The number of benzene rings is 2. The molecule has 1 amide bonds. The smallest absolute Gasteiger partial charge is 0.242 e. The minimum absolute atomic E-state index is 0.178. The highest BCUT2D eigenvalue weighted by molar-refractivity contribution is 7.13. The summed E-state index contributed by atoms with van der Waals surface area (Å²) in [5.41, 5.74) is 3.43. The van der Waals surface area contributed by atoms with Gasteiger partial charge in [-0.25, -0.2) is 0 Å². The van der Waals surface area contributed by atoms with Crippen molar-refractivity contribution in [3.8, 4) is 22.1 Å². The lowest BCUT2D eigenvalue weighted by Crippen LogP contribution is -2.49. The van der Waals surface area contributed by atoms with Gasteiger partial charge in [0.1, 0.15) is 6.54 Å². The van der Waals surface area contributed by atoms with E-state index < -0.39 is 0 Å². The number of para-hydroxylation sites is 1. The zero-order valence-corrected chi connectivity index (χ0v) is 19.1.